The summed E-state index contributed by atoms with van der Waals surface area (Å²) in [6.45, 7) is 3.70. The highest BCUT2D eigenvalue weighted by Gasteiger charge is 2.26. The Morgan fingerprint density at radius 3 is 1.60 bits per heavy atom. The van der Waals surface area contributed by atoms with Crippen molar-refractivity contribution in [2.24, 2.45) is 0 Å². The molecule has 0 saturated heterocycles. The van der Waals surface area contributed by atoms with Crippen LogP contribution in [-0.4, -0.2) is 0 Å². The molecule has 0 aliphatic carbocycles. The van der Waals surface area contributed by atoms with Crippen LogP contribution in [0.2, 0.25) is 20.1 Å². The Morgan fingerprint density at radius 2 is 1.20 bits per heavy atom. The van der Waals surface area contributed by atoms with E-state index in [2.05, 4.69) is 0 Å². The van der Waals surface area contributed by atoms with E-state index in [0.717, 1.165) is 20.9 Å². The van der Waals surface area contributed by atoms with E-state index < -0.39 is 0 Å². The minimum Gasteiger partial charge on any atom is -0.452 e. The molecule has 0 atom stereocenters. The maximum atomic E-state index is 6.31. The van der Waals surface area contributed by atoms with E-state index in [1.165, 1.54) is 11.8 Å². The van der Waals surface area contributed by atoms with Crippen LogP contribution in [0.15, 0.2) is 21.9 Å². The number of rotatable bonds is 0. The van der Waals surface area contributed by atoms with Crippen molar-refractivity contribution in [3.8, 4) is 11.5 Å². The van der Waals surface area contributed by atoms with E-state index in [0.29, 0.717) is 31.6 Å². The fourth-order valence-corrected chi connectivity index (χ4v) is 4.20. The van der Waals surface area contributed by atoms with E-state index in [1.807, 2.05) is 26.0 Å². The van der Waals surface area contributed by atoms with Crippen LogP contribution < -0.4 is 4.74 Å². The highest BCUT2D eigenvalue weighted by molar-refractivity contribution is 7.99. The number of benzene rings is 2. The molecule has 0 bridgehead atoms. The van der Waals surface area contributed by atoms with E-state index in [-0.39, 0.29) is 0 Å². The molecule has 1 aliphatic heterocycles. The van der Waals surface area contributed by atoms with E-state index in [9.17, 15) is 0 Å². The Hall–Kier alpha value is -0.250. The van der Waals surface area contributed by atoms with Gasteiger partial charge in [-0.25, -0.2) is 0 Å². The third-order valence-corrected chi connectivity index (χ3v) is 5.90. The largest absolute Gasteiger partial charge is 0.452 e. The van der Waals surface area contributed by atoms with Gasteiger partial charge >= 0.3 is 0 Å². The Bertz CT molecular complexity index is 681. The maximum absolute atomic E-state index is 6.31. The first-order valence-electron chi connectivity index (χ1n) is 5.73. The Morgan fingerprint density at radius 1 is 0.800 bits per heavy atom. The van der Waals surface area contributed by atoms with Crippen LogP contribution in [0.1, 0.15) is 11.1 Å². The monoisotopic (exact) mass is 364 g/mol. The van der Waals surface area contributed by atoms with E-state index >= 15 is 0 Å². The van der Waals surface area contributed by atoms with Crippen molar-refractivity contribution < 1.29 is 4.74 Å². The number of hydrogen-bond donors (Lipinski definition) is 0. The first-order chi connectivity index (χ1) is 9.40. The zero-order chi connectivity index (χ0) is 14.6. The van der Waals surface area contributed by atoms with E-state index in [1.54, 1.807) is 0 Å². The summed E-state index contributed by atoms with van der Waals surface area (Å²) in [5, 5.41) is 2.24. The summed E-state index contributed by atoms with van der Waals surface area (Å²) >= 11 is 26.4. The highest BCUT2D eigenvalue weighted by atomic mass is 35.5. The van der Waals surface area contributed by atoms with Gasteiger partial charge < -0.3 is 4.74 Å². The summed E-state index contributed by atoms with van der Waals surface area (Å²) in [7, 11) is 0. The summed E-state index contributed by atoms with van der Waals surface area (Å²) in [5.74, 6) is 1.18. The lowest BCUT2D eigenvalue weighted by Crippen LogP contribution is -1.99. The maximum Gasteiger partial charge on any atom is 0.160 e. The summed E-state index contributed by atoms with van der Waals surface area (Å²) < 4.78 is 5.91. The van der Waals surface area contributed by atoms with Gasteiger partial charge in [-0.3, -0.25) is 0 Å². The van der Waals surface area contributed by atoms with Crippen LogP contribution in [-0.2, 0) is 0 Å². The zero-order valence-corrected chi connectivity index (χ0v) is 14.3. The van der Waals surface area contributed by atoms with Crippen LogP contribution in [0.3, 0.4) is 0 Å². The van der Waals surface area contributed by atoms with Crippen molar-refractivity contribution in [1.82, 2.24) is 0 Å². The van der Waals surface area contributed by atoms with Gasteiger partial charge in [0.05, 0.1) is 19.8 Å². The summed E-state index contributed by atoms with van der Waals surface area (Å²) in [6.07, 6.45) is 0. The second kappa shape index (κ2) is 5.19. The van der Waals surface area contributed by atoms with Gasteiger partial charge in [0, 0.05) is 10.0 Å². The molecule has 0 N–H and O–H groups in total. The fourth-order valence-electron chi connectivity index (χ4n) is 1.91. The van der Waals surface area contributed by atoms with Crippen molar-refractivity contribution in [2.75, 3.05) is 0 Å². The highest BCUT2D eigenvalue weighted by Crippen LogP contribution is 2.55. The smallest absolute Gasteiger partial charge is 0.160 e. The quantitative estimate of drug-likeness (QED) is 0.417. The minimum atomic E-state index is 0.509. The number of hydrogen-bond acceptors (Lipinski definition) is 2. The van der Waals surface area contributed by atoms with Gasteiger partial charge in [0.25, 0.3) is 0 Å². The molecule has 0 spiro atoms. The molecule has 1 aliphatic rings. The molecular weight excluding hydrogens is 358 g/mol. The predicted octanol–water partition coefficient (Wildman–Crippen LogP) is 7.17. The number of ether oxygens (including phenoxy) is 1. The molecule has 0 amide bonds. The van der Waals surface area contributed by atoms with Gasteiger partial charge in [0.15, 0.2) is 11.5 Å². The van der Waals surface area contributed by atoms with Crippen LogP contribution in [0.4, 0.5) is 0 Å². The molecule has 104 valence electrons. The van der Waals surface area contributed by atoms with Crippen LogP contribution in [0.25, 0.3) is 0 Å². The normalized spacial score (nSPS) is 12.7. The molecule has 0 fully saturated rings. The number of halogens is 4. The lowest BCUT2D eigenvalue weighted by atomic mass is 10.2. The van der Waals surface area contributed by atoms with Crippen molar-refractivity contribution >= 4 is 58.2 Å². The zero-order valence-electron chi connectivity index (χ0n) is 10.5. The molecule has 20 heavy (non-hydrogen) atoms. The molecule has 3 rings (SSSR count). The van der Waals surface area contributed by atoms with Crippen molar-refractivity contribution in [3.63, 3.8) is 0 Å². The van der Waals surface area contributed by atoms with Gasteiger partial charge in [-0.05, 0) is 37.1 Å². The molecule has 2 aromatic carbocycles. The molecule has 2 aromatic rings. The summed E-state index contributed by atoms with van der Waals surface area (Å²) in [5.41, 5.74) is 1.58. The molecule has 0 radical (unpaired) electrons. The standard InChI is InChI=1S/C14H8Cl4OS/c1-5-7(15)3-9-13(11(5)17)19-14-10(20-9)4-8(16)6(2)12(14)18/h3-4H,1-2H3. The predicted molar refractivity (Wildman–Crippen MR) is 86.6 cm³/mol. The summed E-state index contributed by atoms with van der Waals surface area (Å²) in [6, 6.07) is 3.68. The second-order valence-corrected chi connectivity index (χ2v) is 7.11. The van der Waals surface area contributed by atoms with Gasteiger partial charge in [-0.2, -0.15) is 0 Å². The average Bonchev–Trinajstić information content (AvgIpc) is 2.41. The van der Waals surface area contributed by atoms with Gasteiger partial charge in [0.2, 0.25) is 0 Å². The Kier molecular flexibility index (Phi) is 3.81. The third-order valence-electron chi connectivity index (χ3n) is 3.16. The van der Waals surface area contributed by atoms with Crippen molar-refractivity contribution in [3.05, 3.63) is 43.4 Å². The Balaban J connectivity index is 2.22. The lowest BCUT2D eigenvalue weighted by Gasteiger charge is -2.23. The summed E-state index contributed by atoms with van der Waals surface area (Å²) in [4.78, 5) is 1.71. The Labute approximate surface area is 141 Å². The average molecular weight is 366 g/mol. The van der Waals surface area contributed by atoms with Crippen LogP contribution in [0, 0.1) is 13.8 Å². The van der Waals surface area contributed by atoms with Gasteiger partial charge in [-0.15, -0.1) is 0 Å². The van der Waals surface area contributed by atoms with Gasteiger partial charge in [0.1, 0.15) is 0 Å². The number of fused-ring (bicyclic) bond motifs is 2. The molecular formula is C14H8Cl4OS. The third kappa shape index (κ3) is 2.18. The minimum absolute atomic E-state index is 0.509. The van der Waals surface area contributed by atoms with Crippen molar-refractivity contribution in [1.29, 1.82) is 0 Å². The molecule has 0 unspecified atom stereocenters. The lowest BCUT2D eigenvalue weighted by molar-refractivity contribution is 0.454. The molecule has 0 aromatic heterocycles. The molecule has 1 heterocycles. The molecule has 0 saturated carbocycles. The van der Waals surface area contributed by atoms with E-state index in [4.69, 9.17) is 51.1 Å². The van der Waals surface area contributed by atoms with Crippen LogP contribution >= 0.6 is 58.2 Å². The first kappa shape index (κ1) is 14.7. The first-order valence-corrected chi connectivity index (χ1v) is 8.06. The SMILES string of the molecule is Cc1c(Cl)cc2c(c1Cl)Oc1c(cc(Cl)c(C)c1Cl)S2. The topological polar surface area (TPSA) is 9.23 Å². The fraction of sp³-hybridized carbons (Fsp3) is 0.143. The molecule has 1 nitrogen and oxygen atoms in total. The van der Waals surface area contributed by atoms with Crippen LogP contribution in [0.5, 0.6) is 11.5 Å². The second-order valence-electron chi connectivity index (χ2n) is 4.45. The van der Waals surface area contributed by atoms with Crippen molar-refractivity contribution in [2.45, 2.75) is 23.6 Å². The molecule has 6 heteroatoms. The van der Waals surface area contributed by atoms with Gasteiger partial charge in [-0.1, -0.05) is 58.2 Å².